The maximum absolute atomic E-state index is 11.7. The van der Waals surface area contributed by atoms with E-state index in [2.05, 4.69) is 43.2 Å². The fraction of sp³-hybridized carbons (Fsp3) is 0.875. The Kier molecular flexibility index (Phi) is 10.6. The molecular weight excluding hydrogens is 421 g/mol. The minimum absolute atomic E-state index is 0. The number of guanidine groups is 1. The van der Waals surface area contributed by atoms with Crippen LogP contribution >= 0.6 is 24.0 Å². The van der Waals surface area contributed by atoms with Crippen LogP contribution < -0.4 is 11.1 Å². The lowest BCUT2D eigenvalue weighted by atomic mass is 9.93. The average Bonchev–Trinajstić information content (AvgIpc) is 2.45. The number of nitrogens with zero attached hydrogens (tertiary/aromatic N) is 3. The molecule has 3 N–H and O–H groups in total. The predicted octanol–water partition coefficient (Wildman–Crippen LogP) is 1.72. The summed E-state index contributed by atoms with van der Waals surface area (Å²) in [6, 6.07) is 0.265. The van der Waals surface area contributed by atoms with Crippen LogP contribution in [0.2, 0.25) is 0 Å². The minimum Gasteiger partial charge on any atom is -0.450 e. The van der Waals surface area contributed by atoms with Crippen LogP contribution in [-0.2, 0) is 4.74 Å². The van der Waals surface area contributed by atoms with Gasteiger partial charge in [-0.15, -0.1) is 24.0 Å². The number of hydrogen-bond acceptors (Lipinski definition) is 4. The molecule has 1 amide bonds. The zero-order valence-electron chi connectivity index (χ0n) is 15.7. The van der Waals surface area contributed by atoms with Gasteiger partial charge in [-0.25, -0.2) is 4.79 Å². The molecule has 1 saturated heterocycles. The predicted molar refractivity (Wildman–Crippen MR) is 109 cm³/mol. The molecule has 0 aromatic heterocycles. The maximum Gasteiger partial charge on any atom is 0.409 e. The Labute approximate surface area is 163 Å². The summed E-state index contributed by atoms with van der Waals surface area (Å²) >= 11 is 0. The van der Waals surface area contributed by atoms with Gasteiger partial charge in [0.05, 0.1) is 6.61 Å². The van der Waals surface area contributed by atoms with Gasteiger partial charge in [0.25, 0.3) is 0 Å². The monoisotopic (exact) mass is 455 g/mol. The van der Waals surface area contributed by atoms with Crippen LogP contribution in [0.25, 0.3) is 0 Å². The molecule has 0 aliphatic carbocycles. The van der Waals surface area contributed by atoms with Crippen molar-refractivity contribution in [3.8, 4) is 0 Å². The summed E-state index contributed by atoms with van der Waals surface area (Å²) in [6.07, 6.45) is 1.49. The number of halogens is 1. The zero-order chi connectivity index (χ0) is 17.5. The standard InChI is InChI=1S/C16H33N5O2.HI/c1-6-23-15(22)21-9-7-13(8-10-21)19-14(17)18-11-16(2,3)12-20(4)5;/h13H,6-12H2,1-5H3,(H3,17,18,19);1H. The van der Waals surface area contributed by atoms with Crippen molar-refractivity contribution in [2.24, 2.45) is 16.1 Å². The summed E-state index contributed by atoms with van der Waals surface area (Å²) in [4.78, 5) is 20.0. The number of aliphatic imine (C=N–C) groups is 1. The lowest BCUT2D eigenvalue weighted by Crippen LogP contribution is -2.48. The Morgan fingerprint density at radius 1 is 1.38 bits per heavy atom. The van der Waals surface area contributed by atoms with E-state index in [4.69, 9.17) is 10.5 Å². The number of carbonyl (C=O) groups excluding carboxylic acids is 1. The van der Waals surface area contributed by atoms with Crippen molar-refractivity contribution in [3.63, 3.8) is 0 Å². The number of piperidine rings is 1. The molecule has 1 aliphatic rings. The fourth-order valence-electron chi connectivity index (χ4n) is 2.88. The third-order valence-corrected chi connectivity index (χ3v) is 3.79. The largest absolute Gasteiger partial charge is 0.450 e. The van der Waals surface area contributed by atoms with Crippen LogP contribution in [0.4, 0.5) is 4.79 Å². The Hall–Kier alpha value is -0.770. The molecule has 0 saturated carbocycles. The number of carbonyl (C=O) groups is 1. The number of amides is 1. The topological polar surface area (TPSA) is 83.2 Å². The van der Waals surface area contributed by atoms with Gasteiger partial charge < -0.3 is 25.6 Å². The number of rotatable bonds is 6. The maximum atomic E-state index is 11.7. The molecule has 0 radical (unpaired) electrons. The first-order valence-corrected chi connectivity index (χ1v) is 8.36. The lowest BCUT2D eigenvalue weighted by molar-refractivity contribution is 0.0963. The average molecular weight is 455 g/mol. The zero-order valence-corrected chi connectivity index (χ0v) is 18.0. The first-order chi connectivity index (χ1) is 10.7. The number of nitrogens with one attached hydrogen (secondary N) is 1. The fourth-order valence-corrected chi connectivity index (χ4v) is 2.88. The van der Waals surface area contributed by atoms with Crippen LogP contribution in [0.5, 0.6) is 0 Å². The van der Waals surface area contributed by atoms with Crippen molar-refractivity contribution < 1.29 is 9.53 Å². The first kappa shape index (κ1) is 23.2. The van der Waals surface area contributed by atoms with Crippen molar-refractivity contribution in [1.29, 1.82) is 0 Å². The third kappa shape index (κ3) is 8.91. The second kappa shape index (κ2) is 11.0. The van der Waals surface area contributed by atoms with E-state index in [-0.39, 0.29) is 41.5 Å². The number of likely N-dealkylation sites (tertiary alicyclic amines) is 1. The molecule has 142 valence electrons. The summed E-state index contributed by atoms with van der Waals surface area (Å²) in [5.74, 6) is 0.492. The van der Waals surface area contributed by atoms with E-state index in [1.54, 1.807) is 4.90 Å². The van der Waals surface area contributed by atoms with Crippen LogP contribution in [0.1, 0.15) is 33.6 Å². The quantitative estimate of drug-likeness (QED) is 0.362. The second-order valence-corrected chi connectivity index (χ2v) is 7.21. The van der Waals surface area contributed by atoms with Crippen LogP contribution in [0.3, 0.4) is 0 Å². The van der Waals surface area contributed by atoms with Crippen molar-refractivity contribution in [2.75, 3.05) is 46.9 Å². The molecule has 1 rings (SSSR count). The van der Waals surface area contributed by atoms with Crippen LogP contribution in [-0.4, -0.2) is 74.8 Å². The van der Waals surface area contributed by atoms with E-state index < -0.39 is 0 Å². The van der Waals surface area contributed by atoms with Gasteiger partial charge in [-0.2, -0.15) is 0 Å². The smallest absolute Gasteiger partial charge is 0.409 e. The summed E-state index contributed by atoms with van der Waals surface area (Å²) in [6.45, 7) is 9.63. The van der Waals surface area contributed by atoms with Gasteiger partial charge in [0.1, 0.15) is 0 Å². The summed E-state index contributed by atoms with van der Waals surface area (Å²) in [5, 5.41) is 3.27. The minimum atomic E-state index is -0.224. The lowest BCUT2D eigenvalue weighted by Gasteiger charge is -2.32. The molecular formula is C16H34IN5O2. The summed E-state index contributed by atoms with van der Waals surface area (Å²) in [7, 11) is 4.12. The molecule has 0 bridgehead atoms. The van der Waals surface area contributed by atoms with Gasteiger partial charge in [-0.3, -0.25) is 4.99 Å². The number of nitrogens with two attached hydrogens (primary N) is 1. The van der Waals surface area contributed by atoms with E-state index >= 15 is 0 Å². The van der Waals surface area contributed by atoms with E-state index in [9.17, 15) is 4.79 Å². The Balaban J connectivity index is 0.00000529. The van der Waals surface area contributed by atoms with E-state index in [1.165, 1.54) is 0 Å². The van der Waals surface area contributed by atoms with E-state index in [0.717, 1.165) is 19.4 Å². The normalized spacial score (nSPS) is 16.8. The molecule has 0 spiro atoms. The highest BCUT2D eigenvalue weighted by Gasteiger charge is 2.24. The number of ether oxygens (including phenoxy) is 1. The third-order valence-electron chi connectivity index (χ3n) is 3.79. The Morgan fingerprint density at radius 2 is 1.96 bits per heavy atom. The highest BCUT2D eigenvalue weighted by Crippen LogP contribution is 2.16. The van der Waals surface area contributed by atoms with Gasteiger partial charge in [-0.05, 0) is 39.3 Å². The van der Waals surface area contributed by atoms with Gasteiger partial charge in [0, 0.05) is 32.2 Å². The SMILES string of the molecule is CCOC(=O)N1CCC(NC(N)=NCC(C)(C)CN(C)C)CC1.I. The summed E-state index contributed by atoms with van der Waals surface area (Å²) in [5.41, 5.74) is 6.09. The van der Waals surface area contributed by atoms with Crippen molar-refractivity contribution in [2.45, 2.75) is 39.7 Å². The van der Waals surface area contributed by atoms with Gasteiger partial charge in [-0.1, -0.05) is 13.8 Å². The van der Waals surface area contributed by atoms with E-state index in [1.807, 2.05) is 6.92 Å². The van der Waals surface area contributed by atoms with Gasteiger partial charge >= 0.3 is 6.09 Å². The molecule has 0 aromatic carbocycles. The highest BCUT2D eigenvalue weighted by molar-refractivity contribution is 14.0. The van der Waals surface area contributed by atoms with Crippen molar-refractivity contribution >= 4 is 36.0 Å². The molecule has 0 aromatic rings. The first-order valence-electron chi connectivity index (χ1n) is 8.36. The molecule has 8 heteroatoms. The van der Waals surface area contributed by atoms with Gasteiger partial charge in [0.2, 0.25) is 0 Å². The molecule has 1 aliphatic heterocycles. The molecule has 0 unspecified atom stereocenters. The Morgan fingerprint density at radius 3 is 2.46 bits per heavy atom. The second-order valence-electron chi connectivity index (χ2n) is 7.21. The Bertz CT molecular complexity index is 407. The van der Waals surface area contributed by atoms with Crippen LogP contribution in [0, 0.1) is 5.41 Å². The number of hydrogen-bond donors (Lipinski definition) is 2. The molecule has 1 heterocycles. The van der Waals surface area contributed by atoms with Crippen molar-refractivity contribution in [3.05, 3.63) is 0 Å². The highest BCUT2D eigenvalue weighted by atomic mass is 127. The molecule has 1 fully saturated rings. The summed E-state index contributed by atoms with van der Waals surface area (Å²) < 4.78 is 5.02. The van der Waals surface area contributed by atoms with E-state index in [0.29, 0.717) is 32.2 Å². The van der Waals surface area contributed by atoms with Gasteiger partial charge in [0.15, 0.2) is 5.96 Å². The molecule has 0 atom stereocenters. The van der Waals surface area contributed by atoms with Crippen LogP contribution in [0.15, 0.2) is 4.99 Å². The molecule has 24 heavy (non-hydrogen) atoms. The molecule has 7 nitrogen and oxygen atoms in total. The van der Waals surface area contributed by atoms with Crippen molar-refractivity contribution in [1.82, 2.24) is 15.1 Å².